The van der Waals surface area contributed by atoms with Crippen molar-refractivity contribution in [3.05, 3.63) is 52.2 Å². The van der Waals surface area contributed by atoms with Crippen LogP contribution < -0.4 is 0 Å². The minimum atomic E-state index is -0.738. The number of rotatable bonds is 3. The molecule has 0 atom stereocenters. The Hall–Kier alpha value is -2.17. The van der Waals surface area contributed by atoms with Crippen LogP contribution in [0.4, 0.5) is 0 Å². The first-order valence-electron chi connectivity index (χ1n) is 3.75. The molecule has 5 heteroatoms. The van der Waals surface area contributed by atoms with Crippen molar-refractivity contribution in [3.63, 3.8) is 0 Å². The number of benzene rings is 1. The molecule has 0 aromatic heterocycles. The van der Waals surface area contributed by atoms with Gasteiger partial charge < -0.3 is 5.11 Å². The summed E-state index contributed by atoms with van der Waals surface area (Å²) in [6.45, 7) is 0. The third-order valence-corrected chi connectivity index (χ3v) is 1.52. The van der Waals surface area contributed by atoms with Gasteiger partial charge >= 0.3 is 0 Å². The molecule has 0 unspecified atom stereocenters. The molecule has 0 saturated carbocycles. The minimum Gasteiger partial charge on any atom is -0.507 e. The van der Waals surface area contributed by atoms with E-state index in [0.29, 0.717) is 6.20 Å². The number of hydrogen-bond donors (Lipinski definition) is 1. The van der Waals surface area contributed by atoms with Crippen LogP contribution in [0.1, 0.15) is 10.4 Å². The lowest BCUT2D eigenvalue weighted by atomic mass is 10.1. The summed E-state index contributed by atoms with van der Waals surface area (Å²) in [5.74, 6) is -0.787. The van der Waals surface area contributed by atoms with Gasteiger partial charge in [0.15, 0.2) is 5.78 Å². The third kappa shape index (κ3) is 2.41. The SMILES string of the molecule is O=C(/C=C/[N+](=O)[O-])c1ccccc1O. The van der Waals surface area contributed by atoms with E-state index in [1.54, 1.807) is 12.1 Å². The lowest BCUT2D eigenvalue weighted by Crippen LogP contribution is -1.96. The highest BCUT2D eigenvalue weighted by Gasteiger charge is 2.07. The maximum absolute atomic E-state index is 11.2. The summed E-state index contributed by atoms with van der Waals surface area (Å²) in [6.07, 6.45) is 1.34. The lowest BCUT2D eigenvalue weighted by Gasteiger charge is -1.97. The molecule has 0 amide bonds. The van der Waals surface area contributed by atoms with Gasteiger partial charge in [0, 0.05) is 0 Å². The normalized spacial score (nSPS) is 10.3. The average Bonchev–Trinajstić information content (AvgIpc) is 2.15. The van der Waals surface area contributed by atoms with Crippen LogP contribution in [-0.4, -0.2) is 15.8 Å². The molecule has 1 N–H and O–H groups in total. The highest BCUT2D eigenvalue weighted by Crippen LogP contribution is 2.16. The Bertz CT molecular complexity index is 398. The summed E-state index contributed by atoms with van der Waals surface area (Å²) in [6, 6.07) is 5.85. The topological polar surface area (TPSA) is 80.4 Å². The second-order valence-electron chi connectivity index (χ2n) is 2.48. The lowest BCUT2D eigenvalue weighted by molar-refractivity contribution is -0.402. The maximum atomic E-state index is 11.2. The van der Waals surface area contributed by atoms with Gasteiger partial charge in [0.2, 0.25) is 6.20 Å². The van der Waals surface area contributed by atoms with Crippen molar-refractivity contribution in [2.24, 2.45) is 0 Å². The highest BCUT2D eigenvalue weighted by molar-refractivity contribution is 6.06. The van der Waals surface area contributed by atoms with Crippen LogP contribution in [0.5, 0.6) is 5.75 Å². The molecule has 0 bridgehead atoms. The van der Waals surface area contributed by atoms with Crippen LogP contribution in [0.2, 0.25) is 0 Å². The second kappa shape index (κ2) is 4.18. The number of aromatic hydroxyl groups is 1. The summed E-state index contributed by atoms with van der Waals surface area (Å²) in [7, 11) is 0. The van der Waals surface area contributed by atoms with Gasteiger partial charge in [-0.1, -0.05) is 12.1 Å². The number of nitro groups is 1. The van der Waals surface area contributed by atoms with E-state index in [4.69, 9.17) is 0 Å². The van der Waals surface area contributed by atoms with Crippen LogP contribution in [0.25, 0.3) is 0 Å². The molecule has 72 valence electrons. The molecule has 0 heterocycles. The predicted octanol–water partition coefficient (Wildman–Crippen LogP) is 1.37. The van der Waals surface area contributed by atoms with Crippen LogP contribution in [0.3, 0.4) is 0 Å². The number of allylic oxidation sites excluding steroid dienone is 1. The van der Waals surface area contributed by atoms with Crippen LogP contribution in [-0.2, 0) is 0 Å². The Morgan fingerprint density at radius 1 is 1.43 bits per heavy atom. The van der Waals surface area contributed by atoms with E-state index >= 15 is 0 Å². The van der Waals surface area contributed by atoms with Crippen molar-refractivity contribution >= 4 is 5.78 Å². The van der Waals surface area contributed by atoms with Crippen molar-refractivity contribution in [3.8, 4) is 5.75 Å². The van der Waals surface area contributed by atoms with E-state index < -0.39 is 10.7 Å². The van der Waals surface area contributed by atoms with Crippen molar-refractivity contribution in [1.82, 2.24) is 0 Å². The summed E-state index contributed by atoms with van der Waals surface area (Å²) >= 11 is 0. The number of hydrogen-bond acceptors (Lipinski definition) is 4. The van der Waals surface area contributed by atoms with E-state index in [0.717, 1.165) is 6.08 Å². The molecule has 14 heavy (non-hydrogen) atoms. The second-order valence-corrected chi connectivity index (χ2v) is 2.48. The molecule has 1 aromatic rings. The minimum absolute atomic E-state index is 0.0469. The standard InChI is InChI=1S/C9H7NO4/c11-8-4-2-1-3-7(8)9(12)5-6-10(13)14/h1-6,11H/b6-5+. The number of carbonyl (C=O) groups is 1. The van der Waals surface area contributed by atoms with Gasteiger partial charge in [0.05, 0.1) is 16.6 Å². The first-order valence-corrected chi connectivity index (χ1v) is 3.75. The fourth-order valence-corrected chi connectivity index (χ4v) is 0.900. The van der Waals surface area contributed by atoms with Crippen LogP contribution >= 0.6 is 0 Å². The molecule has 0 aliphatic rings. The molecule has 0 saturated heterocycles. The molecular formula is C9H7NO4. The smallest absolute Gasteiger partial charge is 0.238 e. The van der Waals surface area contributed by atoms with E-state index in [9.17, 15) is 20.0 Å². The number of nitrogens with zero attached hydrogens (tertiary/aromatic N) is 1. The van der Waals surface area contributed by atoms with Gasteiger partial charge in [-0.2, -0.15) is 0 Å². The number of para-hydroxylation sites is 1. The Balaban J connectivity index is 2.91. The van der Waals surface area contributed by atoms with E-state index in [1.165, 1.54) is 12.1 Å². The Kier molecular flexibility index (Phi) is 2.96. The predicted molar refractivity (Wildman–Crippen MR) is 48.6 cm³/mol. The molecule has 0 radical (unpaired) electrons. The fraction of sp³-hybridized carbons (Fsp3) is 0. The van der Waals surface area contributed by atoms with Crippen molar-refractivity contribution < 1.29 is 14.8 Å². The number of phenols is 1. The van der Waals surface area contributed by atoms with Gasteiger partial charge in [-0.3, -0.25) is 14.9 Å². The average molecular weight is 193 g/mol. The van der Waals surface area contributed by atoms with Gasteiger partial charge in [-0.15, -0.1) is 0 Å². The van der Waals surface area contributed by atoms with Gasteiger partial charge in [0.25, 0.3) is 0 Å². The molecule has 0 fully saturated rings. The molecule has 0 aliphatic carbocycles. The van der Waals surface area contributed by atoms with Gasteiger partial charge in [0.1, 0.15) is 5.75 Å². The fourth-order valence-electron chi connectivity index (χ4n) is 0.900. The van der Waals surface area contributed by atoms with E-state index in [1.807, 2.05) is 0 Å². The van der Waals surface area contributed by atoms with Gasteiger partial charge in [-0.05, 0) is 12.1 Å². The number of carbonyl (C=O) groups excluding carboxylic acids is 1. The number of phenolic OH excluding ortho intramolecular Hbond substituents is 1. The van der Waals surface area contributed by atoms with Crippen molar-refractivity contribution in [1.29, 1.82) is 0 Å². The maximum Gasteiger partial charge on any atom is 0.238 e. The van der Waals surface area contributed by atoms with Crippen molar-refractivity contribution in [2.45, 2.75) is 0 Å². The quantitative estimate of drug-likeness (QED) is 0.340. The zero-order valence-electron chi connectivity index (χ0n) is 7.08. The van der Waals surface area contributed by atoms with Crippen molar-refractivity contribution in [2.75, 3.05) is 0 Å². The zero-order valence-corrected chi connectivity index (χ0v) is 7.08. The third-order valence-electron chi connectivity index (χ3n) is 1.52. The zero-order chi connectivity index (χ0) is 10.6. The summed E-state index contributed by atoms with van der Waals surface area (Å²) < 4.78 is 0. The molecule has 1 rings (SSSR count). The molecule has 0 spiro atoms. The highest BCUT2D eigenvalue weighted by atomic mass is 16.6. The summed E-state index contributed by atoms with van der Waals surface area (Å²) in [5.41, 5.74) is 0.0469. The molecule has 1 aromatic carbocycles. The molecule has 5 nitrogen and oxygen atoms in total. The first-order chi connectivity index (χ1) is 6.61. The molecule has 0 aliphatic heterocycles. The van der Waals surface area contributed by atoms with E-state index in [2.05, 4.69) is 0 Å². The monoisotopic (exact) mass is 193 g/mol. The summed E-state index contributed by atoms with van der Waals surface area (Å²) in [4.78, 5) is 20.4. The van der Waals surface area contributed by atoms with E-state index in [-0.39, 0.29) is 11.3 Å². The Morgan fingerprint density at radius 3 is 2.64 bits per heavy atom. The first kappa shape index (κ1) is 9.91. The Morgan fingerprint density at radius 2 is 2.07 bits per heavy atom. The van der Waals surface area contributed by atoms with Gasteiger partial charge in [-0.25, -0.2) is 0 Å². The largest absolute Gasteiger partial charge is 0.507 e. The van der Waals surface area contributed by atoms with Crippen LogP contribution in [0.15, 0.2) is 36.5 Å². The van der Waals surface area contributed by atoms with Crippen LogP contribution in [0, 0.1) is 10.1 Å². The number of ketones is 1. The Labute approximate surface area is 79.4 Å². The summed E-state index contributed by atoms with van der Waals surface area (Å²) in [5, 5.41) is 19.1. The molecular weight excluding hydrogens is 186 g/mol.